The Morgan fingerprint density at radius 1 is 0.652 bits per heavy atom. The summed E-state index contributed by atoms with van der Waals surface area (Å²) in [6.45, 7) is 0. The number of benzene rings is 2. The van der Waals surface area contributed by atoms with Crippen LogP contribution in [0.3, 0.4) is 0 Å². The summed E-state index contributed by atoms with van der Waals surface area (Å²) in [6.07, 6.45) is 5.18. The van der Waals surface area contributed by atoms with Gasteiger partial charge >= 0.3 is 0 Å². The summed E-state index contributed by atoms with van der Waals surface area (Å²) in [6, 6.07) is 18.7. The van der Waals surface area contributed by atoms with Crippen LogP contribution >= 0.6 is 0 Å². The van der Waals surface area contributed by atoms with Crippen molar-refractivity contribution in [3.8, 4) is 0 Å². The molecule has 0 amide bonds. The Bertz CT molecular complexity index is 695. The van der Waals surface area contributed by atoms with Gasteiger partial charge in [0.15, 0.2) is 11.6 Å². The van der Waals surface area contributed by atoms with E-state index in [1.807, 2.05) is 60.7 Å². The summed E-state index contributed by atoms with van der Waals surface area (Å²) in [7, 11) is 0. The Morgan fingerprint density at radius 3 is 1.43 bits per heavy atom. The quantitative estimate of drug-likeness (QED) is 0.627. The van der Waals surface area contributed by atoms with E-state index in [1.54, 1.807) is 0 Å². The predicted molar refractivity (Wildman–Crippen MR) is 89.3 cm³/mol. The molecule has 1 saturated carbocycles. The van der Waals surface area contributed by atoms with Crippen LogP contribution in [-0.4, -0.2) is 11.6 Å². The molecule has 114 valence electrons. The van der Waals surface area contributed by atoms with Crippen molar-refractivity contribution < 1.29 is 9.59 Å². The molecular formula is C21H18O2. The van der Waals surface area contributed by atoms with Gasteiger partial charge in [-0.3, -0.25) is 9.59 Å². The van der Waals surface area contributed by atoms with E-state index < -0.39 is 0 Å². The van der Waals surface area contributed by atoms with E-state index in [0.29, 0.717) is 11.1 Å². The minimum absolute atomic E-state index is 0.108. The van der Waals surface area contributed by atoms with E-state index in [9.17, 15) is 9.59 Å². The minimum atomic E-state index is -0.222. The lowest BCUT2D eigenvalue weighted by Gasteiger charge is -2.26. The molecule has 4 atom stereocenters. The van der Waals surface area contributed by atoms with Gasteiger partial charge in [0, 0.05) is 23.0 Å². The van der Waals surface area contributed by atoms with Crippen molar-refractivity contribution in [2.45, 2.75) is 6.42 Å². The summed E-state index contributed by atoms with van der Waals surface area (Å²) in [4.78, 5) is 26.0. The van der Waals surface area contributed by atoms with E-state index >= 15 is 0 Å². The van der Waals surface area contributed by atoms with Gasteiger partial charge < -0.3 is 0 Å². The van der Waals surface area contributed by atoms with E-state index in [1.165, 1.54) is 0 Å². The number of carbonyl (C=O) groups is 2. The monoisotopic (exact) mass is 302 g/mol. The highest BCUT2D eigenvalue weighted by Crippen LogP contribution is 2.50. The SMILES string of the molecule is O=C(c1ccccc1)[C@@H]1[C@@H](C(=O)c2ccccc2)[C@H]2C=C[C@H]1C2. The van der Waals surface area contributed by atoms with Crippen LogP contribution < -0.4 is 0 Å². The van der Waals surface area contributed by atoms with Crippen LogP contribution in [0.1, 0.15) is 27.1 Å². The molecule has 0 saturated heterocycles. The van der Waals surface area contributed by atoms with Gasteiger partial charge in [-0.1, -0.05) is 72.8 Å². The number of ketones is 2. The fourth-order valence-corrected chi connectivity index (χ4v) is 4.13. The maximum atomic E-state index is 13.0. The lowest BCUT2D eigenvalue weighted by molar-refractivity contribution is 0.0752. The summed E-state index contributed by atoms with van der Waals surface area (Å²) < 4.78 is 0. The Labute approximate surface area is 135 Å². The van der Waals surface area contributed by atoms with Crippen molar-refractivity contribution in [1.29, 1.82) is 0 Å². The molecular weight excluding hydrogens is 284 g/mol. The van der Waals surface area contributed by atoms with Gasteiger partial charge in [-0.2, -0.15) is 0 Å². The number of hydrogen-bond donors (Lipinski definition) is 0. The number of Topliss-reactive ketones (excluding diaryl/α,β-unsaturated/α-hetero) is 2. The van der Waals surface area contributed by atoms with Crippen LogP contribution in [-0.2, 0) is 0 Å². The van der Waals surface area contributed by atoms with Crippen LogP contribution in [0.15, 0.2) is 72.8 Å². The third-order valence-electron chi connectivity index (χ3n) is 5.18. The van der Waals surface area contributed by atoms with Gasteiger partial charge in [0.25, 0.3) is 0 Å². The third-order valence-corrected chi connectivity index (χ3v) is 5.18. The highest BCUT2D eigenvalue weighted by molar-refractivity contribution is 6.06. The van der Waals surface area contributed by atoms with Crippen molar-refractivity contribution in [3.05, 3.63) is 83.9 Å². The highest BCUT2D eigenvalue weighted by Gasteiger charge is 2.51. The standard InChI is InChI=1S/C21H18O2/c22-20(14-7-3-1-4-8-14)18-16-11-12-17(13-16)19(18)21(23)15-9-5-2-6-10-15/h1-12,16-19H,13H2/t16-,17-,18-,19-/m0/s1. The molecule has 0 aromatic heterocycles. The molecule has 2 aliphatic carbocycles. The molecule has 0 aliphatic heterocycles. The minimum Gasteiger partial charge on any atom is -0.294 e. The molecule has 2 nitrogen and oxygen atoms in total. The zero-order valence-electron chi connectivity index (χ0n) is 12.8. The lowest BCUT2D eigenvalue weighted by Crippen LogP contribution is -2.33. The molecule has 2 aromatic carbocycles. The molecule has 0 radical (unpaired) electrons. The molecule has 23 heavy (non-hydrogen) atoms. The van der Waals surface area contributed by atoms with E-state index in [2.05, 4.69) is 12.2 Å². The second kappa shape index (κ2) is 5.62. The van der Waals surface area contributed by atoms with Crippen LogP contribution in [0.4, 0.5) is 0 Å². The molecule has 0 N–H and O–H groups in total. The van der Waals surface area contributed by atoms with Gasteiger partial charge in [0.05, 0.1) is 0 Å². The number of fused-ring (bicyclic) bond motifs is 2. The first-order chi connectivity index (χ1) is 11.3. The Kier molecular flexibility index (Phi) is 3.45. The molecule has 2 aliphatic rings. The van der Waals surface area contributed by atoms with Gasteiger partial charge in [-0.15, -0.1) is 0 Å². The van der Waals surface area contributed by atoms with Crippen LogP contribution in [0.5, 0.6) is 0 Å². The van der Waals surface area contributed by atoms with E-state index in [0.717, 1.165) is 6.42 Å². The normalized spacial score (nSPS) is 28.0. The molecule has 0 unspecified atom stereocenters. The highest BCUT2D eigenvalue weighted by atomic mass is 16.1. The Balaban J connectivity index is 1.69. The first-order valence-corrected chi connectivity index (χ1v) is 8.12. The van der Waals surface area contributed by atoms with Crippen molar-refractivity contribution in [1.82, 2.24) is 0 Å². The van der Waals surface area contributed by atoms with Gasteiger partial charge in [0.2, 0.25) is 0 Å². The van der Waals surface area contributed by atoms with Crippen molar-refractivity contribution in [3.63, 3.8) is 0 Å². The van der Waals surface area contributed by atoms with E-state index in [-0.39, 0.29) is 35.2 Å². The fraction of sp³-hybridized carbons (Fsp3) is 0.238. The Morgan fingerprint density at radius 2 is 1.04 bits per heavy atom. The second-order valence-corrected chi connectivity index (χ2v) is 6.46. The number of allylic oxidation sites excluding steroid dienone is 2. The molecule has 0 heterocycles. The molecule has 2 bridgehead atoms. The summed E-state index contributed by atoms with van der Waals surface area (Å²) in [5, 5.41) is 0. The summed E-state index contributed by atoms with van der Waals surface area (Å²) >= 11 is 0. The molecule has 4 rings (SSSR count). The van der Waals surface area contributed by atoms with Gasteiger partial charge in [0.1, 0.15) is 0 Å². The van der Waals surface area contributed by atoms with Gasteiger partial charge in [-0.05, 0) is 18.3 Å². The van der Waals surface area contributed by atoms with Crippen LogP contribution in [0, 0.1) is 23.7 Å². The lowest BCUT2D eigenvalue weighted by atomic mass is 9.75. The maximum absolute atomic E-state index is 13.0. The van der Waals surface area contributed by atoms with E-state index in [4.69, 9.17) is 0 Å². The number of carbonyl (C=O) groups excluding carboxylic acids is 2. The molecule has 0 spiro atoms. The summed E-state index contributed by atoms with van der Waals surface area (Å²) in [5.41, 5.74) is 1.42. The molecule has 2 aromatic rings. The third kappa shape index (κ3) is 2.35. The average Bonchev–Trinajstić information content (AvgIpc) is 3.23. The fourth-order valence-electron chi connectivity index (χ4n) is 4.13. The molecule has 1 fully saturated rings. The van der Waals surface area contributed by atoms with Crippen LogP contribution in [0.25, 0.3) is 0 Å². The number of rotatable bonds is 4. The zero-order valence-corrected chi connectivity index (χ0v) is 12.8. The van der Waals surface area contributed by atoms with Crippen LogP contribution in [0.2, 0.25) is 0 Å². The summed E-state index contributed by atoms with van der Waals surface area (Å²) in [5.74, 6) is 0.171. The predicted octanol–water partition coefficient (Wildman–Crippen LogP) is 4.19. The smallest absolute Gasteiger partial charge is 0.167 e. The maximum Gasteiger partial charge on any atom is 0.167 e. The second-order valence-electron chi connectivity index (χ2n) is 6.46. The molecule has 2 heteroatoms. The Hall–Kier alpha value is -2.48. The first-order valence-electron chi connectivity index (χ1n) is 8.12. The number of hydrogen-bond acceptors (Lipinski definition) is 2. The van der Waals surface area contributed by atoms with Gasteiger partial charge in [-0.25, -0.2) is 0 Å². The average molecular weight is 302 g/mol. The largest absolute Gasteiger partial charge is 0.294 e. The van der Waals surface area contributed by atoms with Crippen molar-refractivity contribution >= 4 is 11.6 Å². The topological polar surface area (TPSA) is 34.1 Å². The first kappa shape index (κ1) is 14.1. The van der Waals surface area contributed by atoms with Crippen molar-refractivity contribution in [2.75, 3.05) is 0 Å². The van der Waals surface area contributed by atoms with Crippen molar-refractivity contribution in [2.24, 2.45) is 23.7 Å². The zero-order chi connectivity index (χ0) is 15.8.